The van der Waals surface area contributed by atoms with E-state index in [1.165, 1.54) is 30.5 Å². The number of nitrogens with one attached hydrogen (secondary N) is 1. The average Bonchev–Trinajstić information content (AvgIpc) is 2.89. The minimum absolute atomic E-state index is 0.243. The Morgan fingerprint density at radius 3 is 2.31 bits per heavy atom. The van der Waals surface area contributed by atoms with Crippen LogP contribution in [0.4, 0.5) is 18.9 Å². The molecular weight excluding hydrogens is 559 g/mol. The summed E-state index contributed by atoms with van der Waals surface area (Å²) in [7, 11) is -4.49. The van der Waals surface area contributed by atoms with Gasteiger partial charge in [0.1, 0.15) is 6.54 Å². The zero-order chi connectivity index (χ0) is 28.6. The van der Waals surface area contributed by atoms with E-state index in [0.29, 0.717) is 40.6 Å². The van der Waals surface area contributed by atoms with Gasteiger partial charge in [-0.3, -0.25) is 9.10 Å². The molecule has 0 saturated heterocycles. The number of halogens is 4. The normalized spacial score (nSPS) is 11.8. The third-order valence-electron chi connectivity index (χ3n) is 5.13. The lowest BCUT2D eigenvalue weighted by atomic mass is 10.2. The van der Waals surface area contributed by atoms with Crippen molar-refractivity contribution in [1.29, 1.82) is 0 Å². The summed E-state index contributed by atoms with van der Waals surface area (Å²) in [4.78, 5) is 12.5. The Morgan fingerprint density at radius 2 is 1.67 bits per heavy atom. The van der Waals surface area contributed by atoms with E-state index < -0.39 is 39.9 Å². The summed E-state index contributed by atoms with van der Waals surface area (Å²) in [6.07, 6.45) is -3.48. The van der Waals surface area contributed by atoms with E-state index in [-0.39, 0.29) is 9.92 Å². The van der Waals surface area contributed by atoms with Crippen LogP contribution in [-0.4, -0.2) is 40.3 Å². The van der Waals surface area contributed by atoms with E-state index >= 15 is 0 Å². The Balaban J connectivity index is 1.90. The van der Waals surface area contributed by atoms with Crippen molar-refractivity contribution in [2.75, 3.05) is 24.1 Å². The molecule has 0 heterocycles. The van der Waals surface area contributed by atoms with Crippen LogP contribution >= 0.6 is 11.6 Å². The van der Waals surface area contributed by atoms with Gasteiger partial charge in [-0.05, 0) is 67.9 Å². The topological polar surface area (TPSA) is 97.3 Å². The minimum Gasteiger partial charge on any atom is -0.490 e. The Kier molecular flexibility index (Phi) is 9.81. The number of amides is 1. The zero-order valence-electron chi connectivity index (χ0n) is 20.9. The number of alkyl halides is 3. The molecule has 0 unspecified atom stereocenters. The second-order valence-electron chi connectivity index (χ2n) is 7.85. The summed E-state index contributed by atoms with van der Waals surface area (Å²) in [6.45, 7) is 3.56. The highest BCUT2D eigenvalue weighted by Gasteiger charge is 2.34. The molecule has 13 heteroatoms. The maximum Gasteiger partial charge on any atom is 0.416 e. The number of rotatable bonds is 11. The van der Waals surface area contributed by atoms with Crippen LogP contribution in [0.5, 0.6) is 11.5 Å². The third kappa shape index (κ3) is 7.64. The predicted octanol–water partition coefficient (Wildman–Crippen LogP) is 5.50. The van der Waals surface area contributed by atoms with Crippen LogP contribution < -0.4 is 19.2 Å². The van der Waals surface area contributed by atoms with Crippen LogP contribution in [-0.2, 0) is 21.0 Å². The first kappa shape index (κ1) is 29.8. The summed E-state index contributed by atoms with van der Waals surface area (Å²) in [5.41, 5.74) is 1.09. The van der Waals surface area contributed by atoms with Crippen molar-refractivity contribution in [2.45, 2.75) is 24.9 Å². The van der Waals surface area contributed by atoms with Gasteiger partial charge in [0.2, 0.25) is 0 Å². The highest BCUT2D eigenvalue weighted by atomic mass is 35.5. The van der Waals surface area contributed by atoms with Gasteiger partial charge in [0.25, 0.3) is 15.9 Å². The lowest BCUT2D eigenvalue weighted by Crippen LogP contribution is -2.40. The molecule has 1 N–H and O–H groups in total. The molecule has 208 valence electrons. The van der Waals surface area contributed by atoms with Crippen molar-refractivity contribution in [1.82, 2.24) is 5.43 Å². The Bertz CT molecular complexity index is 1430. The van der Waals surface area contributed by atoms with Gasteiger partial charge in [-0.15, -0.1) is 0 Å². The second kappa shape index (κ2) is 12.9. The minimum atomic E-state index is -4.77. The molecule has 0 saturated carbocycles. The first-order valence-electron chi connectivity index (χ1n) is 11.6. The fourth-order valence-electron chi connectivity index (χ4n) is 3.39. The smallest absolute Gasteiger partial charge is 0.416 e. The molecule has 3 rings (SSSR count). The largest absolute Gasteiger partial charge is 0.490 e. The van der Waals surface area contributed by atoms with Gasteiger partial charge in [0, 0.05) is 0 Å². The lowest BCUT2D eigenvalue weighted by molar-refractivity contribution is -0.137. The highest BCUT2D eigenvalue weighted by Crippen LogP contribution is 2.37. The molecule has 0 bridgehead atoms. The molecule has 0 radical (unpaired) electrons. The van der Waals surface area contributed by atoms with Crippen LogP contribution in [0, 0.1) is 0 Å². The van der Waals surface area contributed by atoms with Gasteiger partial charge < -0.3 is 9.47 Å². The van der Waals surface area contributed by atoms with Crippen LogP contribution in [0.1, 0.15) is 25.0 Å². The number of anilines is 1. The molecule has 0 fully saturated rings. The van der Waals surface area contributed by atoms with Crippen molar-refractivity contribution < 1.29 is 35.9 Å². The summed E-state index contributed by atoms with van der Waals surface area (Å²) in [6, 6.07) is 14.1. The zero-order valence-corrected chi connectivity index (χ0v) is 22.5. The lowest BCUT2D eigenvalue weighted by Gasteiger charge is -2.25. The summed E-state index contributed by atoms with van der Waals surface area (Å²) < 4.78 is 78.5. The number of carbonyl (C=O) groups excluding carboxylic acids is 1. The Morgan fingerprint density at radius 1 is 1.00 bits per heavy atom. The maximum atomic E-state index is 13.4. The van der Waals surface area contributed by atoms with E-state index in [9.17, 15) is 26.4 Å². The highest BCUT2D eigenvalue weighted by molar-refractivity contribution is 7.92. The molecule has 0 aromatic heterocycles. The third-order valence-corrected chi connectivity index (χ3v) is 7.22. The van der Waals surface area contributed by atoms with Gasteiger partial charge in [0.05, 0.1) is 40.6 Å². The molecule has 3 aromatic carbocycles. The second-order valence-corrected chi connectivity index (χ2v) is 10.1. The molecule has 0 aliphatic rings. The number of hydrogen-bond donors (Lipinski definition) is 1. The molecule has 0 aliphatic heterocycles. The number of ether oxygens (including phenoxy) is 2. The fraction of sp³-hybridized carbons (Fsp3) is 0.231. The number of benzene rings is 3. The van der Waals surface area contributed by atoms with Crippen LogP contribution in [0.3, 0.4) is 0 Å². The van der Waals surface area contributed by atoms with Crippen molar-refractivity contribution in [3.05, 3.63) is 82.9 Å². The molecule has 3 aromatic rings. The molecule has 1 amide bonds. The van der Waals surface area contributed by atoms with Gasteiger partial charge in [-0.1, -0.05) is 29.8 Å². The monoisotopic (exact) mass is 583 g/mol. The van der Waals surface area contributed by atoms with E-state index in [0.717, 1.165) is 12.1 Å². The first-order valence-corrected chi connectivity index (χ1v) is 13.4. The number of hydrogen-bond acceptors (Lipinski definition) is 6. The van der Waals surface area contributed by atoms with Crippen LogP contribution in [0.25, 0.3) is 0 Å². The molecule has 0 aliphatic carbocycles. The van der Waals surface area contributed by atoms with E-state index in [1.54, 1.807) is 24.3 Å². The average molecular weight is 584 g/mol. The number of nitrogens with zero attached hydrogens (tertiary/aromatic N) is 2. The van der Waals surface area contributed by atoms with Crippen molar-refractivity contribution in [3.8, 4) is 11.5 Å². The molecular formula is C26H25ClF3N3O5S. The van der Waals surface area contributed by atoms with E-state index in [2.05, 4.69) is 10.5 Å². The predicted molar refractivity (Wildman–Crippen MR) is 142 cm³/mol. The van der Waals surface area contributed by atoms with Crippen molar-refractivity contribution >= 4 is 39.4 Å². The summed E-state index contributed by atoms with van der Waals surface area (Å²) in [5, 5.41) is 3.55. The van der Waals surface area contributed by atoms with Crippen molar-refractivity contribution in [2.24, 2.45) is 5.10 Å². The summed E-state index contributed by atoms with van der Waals surface area (Å²) >= 11 is 6.12. The van der Waals surface area contributed by atoms with Gasteiger partial charge in [-0.2, -0.15) is 18.3 Å². The Labute approximate surface area is 229 Å². The van der Waals surface area contributed by atoms with Gasteiger partial charge in [0.15, 0.2) is 11.5 Å². The number of hydrazone groups is 1. The SMILES string of the molecule is CCOc1ccc(/C=N\NC(=O)CN(c2cc(C(F)(F)F)ccc2Cl)S(=O)(=O)c2ccccc2)cc1OCC. The number of carbonyl (C=O) groups is 1. The first-order chi connectivity index (χ1) is 18.5. The Hall–Kier alpha value is -3.77. The standard InChI is InChI=1S/C26H25ClF3N3O5S/c1-3-37-23-13-10-18(14-24(23)38-4-2)16-31-32-25(34)17-33(39(35,36)20-8-6-5-7-9-20)22-15-19(26(28,29)30)11-12-21(22)27/h5-16H,3-4,17H2,1-2H3,(H,32,34)/b31-16-. The van der Waals surface area contributed by atoms with Crippen molar-refractivity contribution in [3.63, 3.8) is 0 Å². The van der Waals surface area contributed by atoms with Crippen LogP contribution in [0.15, 0.2) is 76.7 Å². The fourth-order valence-corrected chi connectivity index (χ4v) is 5.11. The van der Waals surface area contributed by atoms with Crippen LogP contribution in [0.2, 0.25) is 5.02 Å². The molecule has 0 spiro atoms. The van der Waals surface area contributed by atoms with Gasteiger partial charge >= 0.3 is 6.18 Å². The molecule has 8 nitrogen and oxygen atoms in total. The van der Waals surface area contributed by atoms with Gasteiger partial charge in [-0.25, -0.2) is 13.8 Å². The van der Waals surface area contributed by atoms with E-state index in [1.807, 2.05) is 13.8 Å². The maximum absolute atomic E-state index is 13.4. The molecule has 39 heavy (non-hydrogen) atoms. The quantitative estimate of drug-likeness (QED) is 0.237. The summed E-state index contributed by atoms with van der Waals surface area (Å²) in [5.74, 6) is 0.0735. The molecule has 0 atom stereocenters. The number of sulfonamides is 1. The van der Waals surface area contributed by atoms with E-state index in [4.69, 9.17) is 21.1 Å².